The summed E-state index contributed by atoms with van der Waals surface area (Å²) in [5, 5.41) is 0. The maximum Gasteiger partial charge on any atom is 0.193 e. The maximum atomic E-state index is 13.5. The molecule has 0 N–H and O–H groups in total. The molecule has 0 radical (unpaired) electrons. The minimum absolute atomic E-state index is 0.112. The van der Waals surface area contributed by atoms with E-state index in [0.29, 0.717) is 30.0 Å². The van der Waals surface area contributed by atoms with Crippen molar-refractivity contribution in [2.24, 2.45) is 28.6 Å². The number of ether oxygens (including phenoxy) is 2. The number of rotatable bonds is 2. The lowest BCUT2D eigenvalue weighted by atomic mass is 9.46. The number of Topliss-reactive ketones (excluding diaryl/α,β-unsaturated/α-hetero) is 1. The molecule has 0 bridgehead atoms. The van der Waals surface area contributed by atoms with Gasteiger partial charge in [-0.2, -0.15) is 0 Å². The Bertz CT molecular complexity index is 1040. The standard InChI is InChI=1S/C29H36O4/c1-18(30)29-25(32-28(4,33-29)19-8-6-5-7-9-19)17-24-22-11-10-20-16-21(31)12-14-26(20,2)23(22)13-15-27(24,29)3/h5-9,16,22-25H,10-15,17H2,1-4H3/t22-,23+,24-,25-,26+,27+,28?,29-/m1/s1. The van der Waals surface area contributed by atoms with Crippen molar-refractivity contribution in [3.8, 4) is 0 Å². The molecule has 1 saturated heterocycles. The minimum atomic E-state index is -0.902. The Hall–Kier alpha value is -1.78. The molecule has 4 heteroatoms. The predicted octanol–water partition coefficient (Wildman–Crippen LogP) is 5.74. The number of carbonyl (C=O) groups is 2. The van der Waals surface area contributed by atoms with E-state index < -0.39 is 11.4 Å². The van der Waals surface area contributed by atoms with Crippen molar-refractivity contribution in [2.45, 2.75) is 90.1 Å². The van der Waals surface area contributed by atoms with Gasteiger partial charge >= 0.3 is 0 Å². The van der Waals surface area contributed by atoms with Crippen molar-refractivity contribution in [1.29, 1.82) is 0 Å². The fourth-order valence-electron chi connectivity index (χ4n) is 9.02. The molecule has 1 heterocycles. The van der Waals surface area contributed by atoms with E-state index >= 15 is 0 Å². The van der Waals surface area contributed by atoms with E-state index in [1.807, 2.05) is 43.3 Å². The Balaban J connectivity index is 1.38. The van der Waals surface area contributed by atoms with Crippen LogP contribution in [0.1, 0.15) is 78.2 Å². The number of allylic oxidation sites excluding steroid dienone is 1. The first kappa shape index (κ1) is 21.7. The molecular weight excluding hydrogens is 412 g/mol. The van der Waals surface area contributed by atoms with Crippen LogP contribution in [-0.4, -0.2) is 23.3 Å². The molecule has 6 rings (SSSR count). The Kier molecular flexibility index (Phi) is 4.53. The molecular formula is C29H36O4. The summed E-state index contributed by atoms with van der Waals surface area (Å²) in [6.07, 6.45) is 8.46. The van der Waals surface area contributed by atoms with Crippen LogP contribution in [0.2, 0.25) is 0 Å². The summed E-state index contributed by atoms with van der Waals surface area (Å²) in [5.41, 5.74) is 1.35. The quantitative estimate of drug-likeness (QED) is 0.579. The smallest absolute Gasteiger partial charge is 0.193 e. The summed E-state index contributed by atoms with van der Waals surface area (Å²) in [5.74, 6) is 1.04. The molecule has 5 aliphatic rings. The largest absolute Gasteiger partial charge is 0.339 e. The molecule has 1 aromatic carbocycles. The molecule has 0 amide bonds. The average Bonchev–Trinajstić information content (AvgIpc) is 3.23. The molecule has 4 aliphatic carbocycles. The first-order valence-electron chi connectivity index (χ1n) is 12.8. The Morgan fingerprint density at radius 3 is 2.48 bits per heavy atom. The van der Waals surface area contributed by atoms with Crippen LogP contribution in [0.5, 0.6) is 0 Å². The normalized spacial score (nSPS) is 48.4. The zero-order chi connectivity index (χ0) is 23.2. The second-order valence-corrected chi connectivity index (χ2v) is 12.0. The highest BCUT2D eigenvalue weighted by atomic mass is 16.8. The van der Waals surface area contributed by atoms with Crippen molar-refractivity contribution in [1.82, 2.24) is 0 Å². The van der Waals surface area contributed by atoms with Crippen LogP contribution in [-0.2, 0) is 24.8 Å². The van der Waals surface area contributed by atoms with Crippen molar-refractivity contribution < 1.29 is 19.1 Å². The van der Waals surface area contributed by atoms with Gasteiger partial charge in [-0.25, -0.2) is 0 Å². The second-order valence-electron chi connectivity index (χ2n) is 12.0. The number of fused-ring (bicyclic) bond motifs is 7. The van der Waals surface area contributed by atoms with E-state index in [0.717, 1.165) is 44.1 Å². The lowest BCUT2D eigenvalue weighted by Crippen LogP contribution is -2.59. The molecule has 1 aromatic rings. The molecule has 4 nitrogen and oxygen atoms in total. The van der Waals surface area contributed by atoms with Crippen LogP contribution in [0.25, 0.3) is 0 Å². The highest BCUT2D eigenvalue weighted by Crippen LogP contribution is 2.71. The summed E-state index contributed by atoms with van der Waals surface area (Å²) in [7, 11) is 0. The van der Waals surface area contributed by atoms with Gasteiger partial charge in [-0.1, -0.05) is 49.8 Å². The van der Waals surface area contributed by atoms with E-state index in [1.54, 1.807) is 6.92 Å². The third kappa shape index (κ3) is 2.65. The van der Waals surface area contributed by atoms with Gasteiger partial charge in [0.2, 0.25) is 0 Å². The SMILES string of the molecule is CC(=O)[C@@]12OC(C)(c3ccccc3)O[C@@H]1C[C@@H]1[C@@H]3CCC4=CC(=O)CC[C@]4(C)[C@H]3CC[C@@]12C. The van der Waals surface area contributed by atoms with E-state index in [2.05, 4.69) is 13.8 Å². The van der Waals surface area contributed by atoms with Gasteiger partial charge in [-0.15, -0.1) is 0 Å². The fourth-order valence-corrected chi connectivity index (χ4v) is 9.02. The first-order chi connectivity index (χ1) is 15.6. The number of benzene rings is 1. The van der Waals surface area contributed by atoms with Crippen LogP contribution < -0.4 is 0 Å². The van der Waals surface area contributed by atoms with Crippen LogP contribution >= 0.6 is 0 Å². The van der Waals surface area contributed by atoms with E-state index in [4.69, 9.17) is 9.47 Å². The lowest BCUT2D eigenvalue weighted by molar-refractivity contribution is -0.227. The summed E-state index contributed by atoms with van der Waals surface area (Å²) < 4.78 is 13.6. The van der Waals surface area contributed by atoms with Gasteiger partial charge in [0.15, 0.2) is 23.0 Å². The molecule has 1 unspecified atom stereocenters. The van der Waals surface area contributed by atoms with Gasteiger partial charge in [0.05, 0.1) is 6.10 Å². The molecule has 3 saturated carbocycles. The topological polar surface area (TPSA) is 52.6 Å². The predicted molar refractivity (Wildman–Crippen MR) is 125 cm³/mol. The van der Waals surface area contributed by atoms with Crippen LogP contribution in [0.15, 0.2) is 42.0 Å². The third-order valence-corrected chi connectivity index (χ3v) is 10.7. The van der Waals surface area contributed by atoms with Crippen molar-refractivity contribution in [3.63, 3.8) is 0 Å². The van der Waals surface area contributed by atoms with Gasteiger partial charge in [0.25, 0.3) is 0 Å². The van der Waals surface area contributed by atoms with E-state index in [-0.39, 0.29) is 22.7 Å². The lowest BCUT2D eigenvalue weighted by Gasteiger charge is -2.59. The van der Waals surface area contributed by atoms with Gasteiger partial charge in [0.1, 0.15) is 0 Å². The van der Waals surface area contributed by atoms with Gasteiger partial charge < -0.3 is 9.47 Å². The number of carbonyl (C=O) groups excluding carboxylic acids is 2. The van der Waals surface area contributed by atoms with Crippen LogP contribution in [0.3, 0.4) is 0 Å². The van der Waals surface area contributed by atoms with Crippen molar-refractivity contribution >= 4 is 11.6 Å². The summed E-state index contributed by atoms with van der Waals surface area (Å²) in [4.78, 5) is 25.6. The number of hydrogen-bond acceptors (Lipinski definition) is 4. The fraction of sp³-hybridized carbons (Fsp3) is 0.655. The second kappa shape index (κ2) is 6.88. The number of hydrogen-bond donors (Lipinski definition) is 0. The highest BCUT2D eigenvalue weighted by Gasteiger charge is 2.75. The van der Waals surface area contributed by atoms with E-state index in [9.17, 15) is 9.59 Å². The van der Waals surface area contributed by atoms with Gasteiger partial charge in [0, 0.05) is 17.4 Å². The third-order valence-electron chi connectivity index (χ3n) is 10.7. The minimum Gasteiger partial charge on any atom is -0.339 e. The Morgan fingerprint density at radius 2 is 1.76 bits per heavy atom. The Labute approximate surface area is 197 Å². The first-order valence-corrected chi connectivity index (χ1v) is 12.8. The van der Waals surface area contributed by atoms with Crippen molar-refractivity contribution in [3.05, 3.63) is 47.5 Å². The molecule has 8 atom stereocenters. The molecule has 33 heavy (non-hydrogen) atoms. The maximum absolute atomic E-state index is 13.5. The van der Waals surface area contributed by atoms with Gasteiger partial charge in [-0.3, -0.25) is 9.59 Å². The zero-order valence-electron chi connectivity index (χ0n) is 20.4. The molecule has 1 aliphatic heterocycles. The molecule has 4 fully saturated rings. The molecule has 0 aromatic heterocycles. The summed E-state index contributed by atoms with van der Waals surface area (Å²) in [6, 6.07) is 10.1. The monoisotopic (exact) mass is 448 g/mol. The van der Waals surface area contributed by atoms with E-state index in [1.165, 1.54) is 5.57 Å². The van der Waals surface area contributed by atoms with Crippen LogP contribution in [0.4, 0.5) is 0 Å². The summed E-state index contributed by atoms with van der Waals surface area (Å²) in [6.45, 7) is 8.41. The molecule has 0 spiro atoms. The zero-order valence-corrected chi connectivity index (χ0v) is 20.4. The summed E-state index contributed by atoms with van der Waals surface area (Å²) >= 11 is 0. The number of ketones is 2. The van der Waals surface area contributed by atoms with Gasteiger partial charge in [-0.05, 0) is 81.6 Å². The van der Waals surface area contributed by atoms with Crippen LogP contribution in [0, 0.1) is 28.6 Å². The average molecular weight is 449 g/mol. The van der Waals surface area contributed by atoms with Crippen molar-refractivity contribution in [2.75, 3.05) is 0 Å². The molecule has 176 valence electrons. The highest BCUT2D eigenvalue weighted by molar-refractivity contribution is 5.91. The Morgan fingerprint density at radius 1 is 1.00 bits per heavy atom.